The zero-order valence-corrected chi connectivity index (χ0v) is 18.3. The molecule has 1 aromatic heterocycles. The minimum atomic E-state index is -0.535. The lowest BCUT2D eigenvalue weighted by Gasteiger charge is -2.47. The zero-order valence-electron chi connectivity index (χ0n) is 17.5. The molecule has 5 rings (SSSR count). The second-order valence-corrected chi connectivity index (χ2v) is 9.87. The number of β-amino-alcohol motifs (C(OH)–C–C–N with tert-alkyl or cyclic N) is 1. The van der Waals surface area contributed by atoms with Crippen molar-refractivity contribution in [1.82, 2.24) is 9.88 Å². The van der Waals surface area contributed by atoms with Crippen LogP contribution in [-0.4, -0.2) is 53.7 Å². The number of fused-ring (bicyclic) bond motifs is 1. The van der Waals surface area contributed by atoms with Crippen LogP contribution in [0.5, 0.6) is 0 Å². The maximum absolute atomic E-state index is 11.8. The molecule has 0 amide bonds. The molecule has 30 heavy (non-hydrogen) atoms. The number of carbonyl (C=O) groups excluding carboxylic acids is 1. The molecule has 0 saturated carbocycles. The molecule has 0 aliphatic carbocycles. The van der Waals surface area contributed by atoms with Crippen LogP contribution in [0.4, 0.5) is 5.13 Å². The highest BCUT2D eigenvalue weighted by molar-refractivity contribution is 7.13. The van der Waals surface area contributed by atoms with Gasteiger partial charge in [0.1, 0.15) is 6.61 Å². The Balaban J connectivity index is 1.17. The molecule has 1 aromatic carbocycles. The van der Waals surface area contributed by atoms with Gasteiger partial charge in [0, 0.05) is 36.8 Å². The lowest BCUT2D eigenvalue weighted by atomic mass is 9.71. The van der Waals surface area contributed by atoms with Crippen molar-refractivity contribution < 1.29 is 14.6 Å². The van der Waals surface area contributed by atoms with Gasteiger partial charge in [-0.05, 0) is 68.3 Å². The maximum Gasteiger partial charge on any atom is 0.338 e. The van der Waals surface area contributed by atoms with Gasteiger partial charge >= 0.3 is 5.97 Å². The summed E-state index contributed by atoms with van der Waals surface area (Å²) in [5.41, 5.74) is 3.95. The van der Waals surface area contributed by atoms with E-state index in [1.165, 1.54) is 25.7 Å². The fourth-order valence-electron chi connectivity index (χ4n) is 5.33. The highest BCUT2D eigenvalue weighted by Gasteiger charge is 2.38. The summed E-state index contributed by atoms with van der Waals surface area (Å²) in [6.45, 7) is 7.25. The van der Waals surface area contributed by atoms with E-state index in [9.17, 15) is 9.90 Å². The number of hydrogen-bond acceptors (Lipinski definition) is 7. The fourth-order valence-corrected chi connectivity index (χ4v) is 6.02. The number of piperidine rings is 2. The van der Waals surface area contributed by atoms with E-state index in [1.807, 2.05) is 19.2 Å². The molecule has 6 nitrogen and oxygen atoms in total. The Morgan fingerprint density at radius 1 is 1.20 bits per heavy atom. The molecule has 1 spiro atoms. The van der Waals surface area contributed by atoms with E-state index in [-0.39, 0.29) is 5.97 Å². The molecule has 0 radical (unpaired) electrons. The van der Waals surface area contributed by atoms with Crippen molar-refractivity contribution in [2.24, 2.45) is 5.41 Å². The molecule has 1 N–H and O–H groups in total. The normalized spacial score (nSPS) is 22.2. The number of esters is 1. The monoisotopic (exact) mass is 427 g/mol. The Labute approximate surface area is 181 Å². The van der Waals surface area contributed by atoms with Gasteiger partial charge < -0.3 is 19.6 Å². The first-order valence-corrected chi connectivity index (χ1v) is 11.8. The van der Waals surface area contributed by atoms with Gasteiger partial charge in [-0.2, -0.15) is 0 Å². The van der Waals surface area contributed by atoms with Crippen molar-refractivity contribution in [3.63, 3.8) is 0 Å². The lowest BCUT2D eigenvalue weighted by molar-refractivity contribution is 0.0448. The molecule has 160 valence electrons. The summed E-state index contributed by atoms with van der Waals surface area (Å²) in [7, 11) is 0. The number of cyclic esters (lactones) is 1. The SMILES string of the molecule is Cc1c(C(O)CN2CCC3(CC2)CCN(c2nccs2)CC3)ccc2c1COC2=O. The number of benzene rings is 1. The number of hydrogen-bond donors (Lipinski definition) is 1. The summed E-state index contributed by atoms with van der Waals surface area (Å²) >= 11 is 1.73. The minimum absolute atomic E-state index is 0.253. The first kappa shape index (κ1) is 20.0. The molecule has 0 bridgehead atoms. The lowest BCUT2D eigenvalue weighted by Crippen LogP contribution is -2.47. The Hall–Kier alpha value is -1.96. The zero-order chi connectivity index (χ0) is 20.7. The van der Waals surface area contributed by atoms with E-state index < -0.39 is 6.10 Å². The number of rotatable bonds is 4. The Morgan fingerprint density at radius 3 is 2.63 bits per heavy atom. The van der Waals surface area contributed by atoms with Gasteiger partial charge in [0.05, 0.1) is 11.7 Å². The van der Waals surface area contributed by atoms with Crippen LogP contribution in [0.1, 0.15) is 58.8 Å². The quantitative estimate of drug-likeness (QED) is 0.753. The third-order valence-corrected chi connectivity index (χ3v) is 8.26. The van der Waals surface area contributed by atoms with Crippen LogP contribution in [0.3, 0.4) is 0 Å². The van der Waals surface area contributed by atoms with Crippen LogP contribution in [-0.2, 0) is 11.3 Å². The smallest absolute Gasteiger partial charge is 0.338 e. The summed E-state index contributed by atoms with van der Waals surface area (Å²) < 4.78 is 5.15. The van der Waals surface area contributed by atoms with Crippen molar-refractivity contribution in [2.45, 2.75) is 45.3 Å². The molecule has 2 saturated heterocycles. The van der Waals surface area contributed by atoms with Gasteiger partial charge in [0.15, 0.2) is 5.13 Å². The largest absolute Gasteiger partial charge is 0.457 e. The van der Waals surface area contributed by atoms with E-state index in [2.05, 4.69) is 20.2 Å². The number of aliphatic hydroxyl groups is 1. The molecular weight excluding hydrogens is 398 g/mol. The van der Waals surface area contributed by atoms with Crippen molar-refractivity contribution in [2.75, 3.05) is 37.6 Å². The van der Waals surface area contributed by atoms with Gasteiger partial charge in [-0.15, -0.1) is 11.3 Å². The third kappa shape index (κ3) is 3.63. The van der Waals surface area contributed by atoms with Crippen molar-refractivity contribution in [3.05, 3.63) is 46.0 Å². The van der Waals surface area contributed by atoms with Gasteiger partial charge in [-0.3, -0.25) is 0 Å². The highest BCUT2D eigenvalue weighted by atomic mass is 32.1. The molecule has 1 atom stereocenters. The van der Waals surface area contributed by atoms with E-state index in [4.69, 9.17) is 4.74 Å². The summed E-state index contributed by atoms with van der Waals surface area (Å²) in [4.78, 5) is 21.0. The number of anilines is 1. The van der Waals surface area contributed by atoms with Crippen molar-refractivity contribution >= 4 is 22.4 Å². The van der Waals surface area contributed by atoms with Gasteiger partial charge in [0.2, 0.25) is 0 Å². The number of carbonyl (C=O) groups is 1. The first-order chi connectivity index (χ1) is 14.5. The number of likely N-dealkylation sites (tertiary alicyclic amines) is 1. The molecule has 7 heteroatoms. The second-order valence-electron chi connectivity index (χ2n) is 9.00. The molecule has 3 aliphatic heterocycles. The molecular formula is C23H29N3O3S. The average molecular weight is 428 g/mol. The number of aliphatic hydroxyl groups excluding tert-OH is 1. The van der Waals surface area contributed by atoms with E-state index in [0.717, 1.165) is 48.0 Å². The summed E-state index contributed by atoms with van der Waals surface area (Å²) in [5, 5.41) is 14.1. The topological polar surface area (TPSA) is 65.9 Å². The van der Waals surface area contributed by atoms with Gasteiger partial charge in [-0.25, -0.2) is 9.78 Å². The molecule has 1 unspecified atom stereocenters. The Kier molecular flexibility index (Phi) is 5.29. The Bertz CT molecular complexity index is 912. The van der Waals surface area contributed by atoms with Crippen LogP contribution in [0.2, 0.25) is 0 Å². The number of nitrogens with zero attached hydrogens (tertiary/aromatic N) is 3. The third-order valence-electron chi connectivity index (χ3n) is 7.43. The molecule has 2 fully saturated rings. The number of aromatic nitrogens is 1. The van der Waals surface area contributed by atoms with Crippen LogP contribution in [0.15, 0.2) is 23.7 Å². The van der Waals surface area contributed by atoms with Crippen LogP contribution >= 0.6 is 11.3 Å². The number of ether oxygens (including phenoxy) is 1. The maximum atomic E-state index is 11.8. The van der Waals surface area contributed by atoms with Gasteiger partial charge in [0.25, 0.3) is 0 Å². The fraction of sp³-hybridized carbons (Fsp3) is 0.565. The molecule has 3 aliphatic rings. The Morgan fingerprint density at radius 2 is 1.93 bits per heavy atom. The van der Waals surface area contributed by atoms with E-state index in [0.29, 0.717) is 24.1 Å². The van der Waals surface area contributed by atoms with Crippen molar-refractivity contribution in [3.8, 4) is 0 Å². The van der Waals surface area contributed by atoms with E-state index in [1.54, 1.807) is 17.4 Å². The summed E-state index contributed by atoms with van der Waals surface area (Å²) in [6.07, 6.45) is 6.24. The van der Waals surface area contributed by atoms with Crippen LogP contribution in [0.25, 0.3) is 0 Å². The predicted octanol–water partition coefficient (Wildman–Crippen LogP) is 3.54. The van der Waals surface area contributed by atoms with Crippen LogP contribution < -0.4 is 4.90 Å². The minimum Gasteiger partial charge on any atom is -0.457 e. The number of thiazole rings is 1. The predicted molar refractivity (Wildman–Crippen MR) is 117 cm³/mol. The second kappa shape index (κ2) is 7.94. The first-order valence-electron chi connectivity index (χ1n) is 10.9. The highest BCUT2D eigenvalue weighted by Crippen LogP contribution is 2.42. The van der Waals surface area contributed by atoms with Gasteiger partial charge in [-0.1, -0.05) is 6.07 Å². The average Bonchev–Trinajstić information content (AvgIpc) is 3.42. The van der Waals surface area contributed by atoms with E-state index >= 15 is 0 Å². The standard InChI is InChI=1S/C23H29N3O3S/c1-16-17(2-3-18-19(16)15-29-21(18)28)20(27)14-25-9-4-23(5-10-25)6-11-26(12-7-23)22-24-8-13-30-22/h2-3,8,13,20,27H,4-7,9-12,14-15H2,1H3. The summed E-state index contributed by atoms with van der Waals surface area (Å²) in [6, 6.07) is 3.70. The van der Waals surface area contributed by atoms with Crippen LogP contribution in [0, 0.1) is 12.3 Å². The summed E-state index contributed by atoms with van der Waals surface area (Å²) in [5.74, 6) is -0.253. The van der Waals surface area contributed by atoms with Crippen molar-refractivity contribution in [1.29, 1.82) is 0 Å². The molecule has 4 heterocycles. The molecule has 2 aromatic rings.